The van der Waals surface area contributed by atoms with Gasteiger partial charge in [0.25, 0.3) is 0 Å². The smallest absolute Gasteiger partial charge is 0.316 e. The predicted molar refractivity (Wildman–Crippen MR) is 107 cm³/mol. The molecular formula is C19H24FN2O3P. The summed E-state index contributed by atoms with van der Waals surface area (Å²) in [6.07, 6.45) is 0. The van der Waals surface area contributed by atoms with Crippen molar-refractivity contribution in [3.05, 3.63) is 96.6 Å². The van der Waals surface area contributed by atoms with E-state index in [0.29, 0.717) is 0 Å². The van der Waals surface area contributed by atoms with E-state index in [4.69, 9.17) is 16.4 Å². The van der Waals surface area contributed by atoms with Gasteiger partial charge in [-0.25, -0.2) is 0 Å². The topological polar surface area (TPSA) is 98.6 Å². The van der Waals surface area contributed by atoms with Gasteiger partial charge in [-0.2, -0.15) is 0 Å². The van der Waals surface area contributed by atoms with E-state index in [1.807, 2.05) is 91.0 Å². The number of nitrogen functional groups attached to an aromatic ring is 2. The number of hydrogen-bond acceptors (Lipinski definition) is 4. The zero-order valence-corrected chi connectivity index (χ0v) is 15.2. The zero-order valence-electron chi connectivity index (χ0n) is 14.2. The van der Waals surface area contributed by atoms with Crippen LogP contribution in [0, 0.1) is 0 Å². The monoisotopic (exact) mass is 378 g/mol. The van der Waals surface area contributed by atoms with Gasteiger partial charge in [-0.05, 0) is 29.8 Å². The Balaban J connectivity index is 0.000000368. The third-order valence-electron chi connectivity index (χ3n) is 2.80. The van der Waals surface area contributed by atoms with E-state index in [1.54, 1.807) is 0 Å². The zero-order chi connectivity index (χ0) is 18.3. The Kier molecular flexibility index (Phi) is 13.2. The molecule has 3 aromatic carbocycles. The van der Waals surface area contributed by atoms with Crippen LogP contribution in [-0.4, -0.2) is 4.89 Å². The van der Waals surface area contributed by atoms with Gasteiger partial charge < -0.3 is 20.9 Å². The fraction of sp³-hybridized carbons (Fsp3) is 0.0526. The minimum absolute atomic E-state index is 0. The molecule has 140 valence electrons. The molecule has 0 aliphatic rings. The molecule has 0 radical (unpaired) electrons. The third kappa shape index (κ3) is 12.7. The summed E-state index contributed by atoms with van der Waals surface area (Å²) in [6.45, 7) is 0.204. The Hall–Kier alpha value is -2.66. The fourth-order valence-electron chi connectivity index (χ4n) is 1.63. The molecule has 0 fully saturated rings. The first-order valence-corrected chi connectivity index (χ1v) is 8.85. The quantitative estimate of drug-likeness (QED) is 0.467. The van der Waals surface area contributed by atoms with Gasteiger partial charge in [-0.15, -0.1) is 0 Å². The van der Waals surface area contributed by atoms with Crippen LogP contribution in [0.5, 0.6) is 0 Å². The number of nitrogens with two attached hydrogens (primary N) is 2. The molecule has 26 heavy (non-hydrogen) atoms. The van der Waals surface area contributed by atoms with Gasteiger partial charge in [0.1, 0.15) is 0 Å². The molecule has 0 bridgehead atoms. The van der Waals surface area contributed by atoms with E-state index in [9.17, 15) is 4.57 Å². The standard InChI is InChI=1S/C7H9O3P.2C6H7N.FH/c8-11(9)10-6-7-4-2-1-3-5-7;2*7-6-4-2-1-3-5-6;/h1-5,11H,6H2,(H,8,9);2*1-5H,7H2;1H. The molecule has 5 N–H and O–H groups in total. The van der Waals surface area contributed by atoms with Crippen LogP contribution in [0.1, 0.15) is 5.56 Å². The number of para-hydroxylation sites is 2. The first-order valence-electron chi connectivity index (χ1n) is 7.58. The minimum atomic E-state index is -2.78. The molecule has 3 aromatic rings. The summed E-state index contributed by atoms with van der Waals surface area (Å²) in [6, 6.07) is 28.2. The first kappa shape index (κ1) is 23.3. The van der Waals surface area contributed by atoms with Crippen molar-refractivity contribution in [1.29, 1.82) is 0 Å². The van der Waals surface area contributed by atoms with Crippen molar-refractivity contribution in [1.82, 2.24) is 0 Å². The Bertz CT molecular complexity index is 679. The fourth-order valence-corrected chi connectivity index (χ4v) is 1.92. The maximum Gasteiger partial charge on any atom is 0.316 e. The van der Waals surface area contributed by atoms with Gasteiger partial charge in [-0.3, -0.25) is 9.27 Å². The van der Waals surface area contributed by atoms with Crippen molar-refractivity contribution < 1.29 is 18.7 Å². The Labute approximate surface area is 153 Å². The minimum Gasteiger partial charge on any atom is -0.399 e. The molecule has 3 rings (SSSR count). The molecule has 1 unspecified atom stereocenters. The van der Waals surface area contributed by atoms with Crippen LogP contribution in [0.25, 0.3) is 0 Å². The van der Waals surface area contributed by atoms with E-state index >= 15 is 0 Å². The average molecular weight is 378 g/mol. The van der Waals surface area contributed by atoms with Crippen LogP contribution in [0.4, 0.5) is 16.1 Å². The summed E-state index contributed by atoms with van der Waals surface area (Å²) in [5, 5.41) is 0. The number of halogens is 1. The largest absolute Gasteiger partial charge is 0.399 e. The maximum absolute atomic E-state index is 10.1. The van der Waals surface area contributed by atoms with E-state index in [-0.39, 0.29) is 11.3 Å². The van der Waals surface area contributed by atoms with Crippen molar-refractivity contribution in [2.45, 2.75) is 6.61 Å². The summed E-state index contributed by atoms with van der Waals surface area (Å²) in [5.74, 6) is 0. The van der Waals surface area contributed by atoms with Gasteiger partial charge in [0, 0.05) is 11.4 Å². The Morgan fingerprint density at radius 3 is 1.35 bits per heavy atom. The molecule has 0 aliphatic carbocycles. The summed E-state index contributed by atoms with van der Waals surface area (Å²) in [7, 11) is -2.78. The second kappa shape index (κ2) is 14.7. The van der Waals surface area contributed by atoms with Gasteiger partial charge >= 0.3 is 8.25 Å². The molecule has 0 aliphatic heterocycles. The SMILES string of the molecule is F.Nc1ccccc1.Nc1ccccc1.O=[PH](O)OCc1ccccc1. The van der Waals surface area contributed by atoms with Crippen LogP contribution in [-0.2, 0) is 15.7 Å². The van der Waals surface area contributed by atoms with Crippen molar-refractivity contribution in [3.8, 4) is 0 Å². The first-order chi connectivity index (χ1) is 12.1. The van der Waals surface area contributed by atoms with Crippen LogP contribution in [0.15, 0.2) is 91.0 Å². The molecule has 0 saturated carbocycles. The predicted octanol–water partition coefficient (Wildman–Crippen LogP) is 4.28. The second-order valence-electron chi connectivity index (χ2n) is 4.86. The summed E-state index contributed by atoms with van der Waals surface area (Å²) < 4.78 is 14.7. The van der Waals surface area contributed by atoms with Crippen molar-refractivity contribution in [2.75, 3.05) is 11.5 Å². The molecule has 0 spiro atoms. The average Bonchev–Trinajstić information content (AvgIpc) is 2.63. The molecular weight excluding hydrogens is 354 g/mol. The summed E-state index contributed by atoms with van der Waals surface area (Å²) in [5.41, 5.74) is 13.3. The molecule has 0 aromatic heterocycles. The Morgan fingerprint density at radius 2 is 1.08 bits per heavy atom. The second-order valence-corrected chi connectivity index (χ2v) is 5.68. The highest BCUT2D eigenvalue weighted by molar-refractivity contribution is 7.32. The van der Waals surface area contributed by atoms with Gasteiger partial charge in [-0.1, -0.05) is 66.7 Å². The van der Waals surface area contributed by atoms with Crippen LogP contribution in [0.3, 0.4) is 0 Å². The lowest BCUT2D eigenvalue weighted by molar-refractivity contribution is 0.272. The van der Waals surface area contributed by atoms with E-state index in [0.717, 1.165) is 16.9 Å². The highest BCUT2D eigenvalue weighted by Gasteiger charge is 1.93. The molecule has 5 nitrogen and oxygen atoms in total. The van der Waals surface area contributed by atoms with Crippen molar-refractivity contribution >= 4 is 19.6 Å². The summed E-state index contributed by atoms with van der Waals surface area (Å²) in [4.78, 5) is 8.34. The maximum atomic E-state index is 10.1. The number of anilines is 2. The van der Waals surface area contributed by atoms with E-state index < -0.39 is 8.25 Å². The number of rotatable bonds is 3. The lowest BCUT2D eigenvalue weighted by atomic mass is 10.2. The highest BCUT2D eigenvalue weighted by Crippen LogP contribution is 2.17. The van der Waals surface area contributed by atoms with Crippen molar-refractivity contribution in [2.24, 2.45) is 0 Å². The van der Waals surface area contributed by atoms with Crippen LogP contribution in [0.2, 0.25) is 0 Å². The normalized spacial score (nSPS) is 10.0. The number of hydrogen-bond donors (Lipinski definition) is 3. The van der Waals surface area contributed by atoms with E-state index in [2.05, 4.69) is 4.52 Å². The van der Waals surface area contributed by atoms with E-state index in [1.165, 1.54) is 0 Å². The summed E-state index contributed by atoms with van der Waals surface area (Å²) >= 11 is 0. The molecule has 7 heteroatoms. The molecule has 0 saturated heterocycles. The highest BCUT2D eigenvalue weighted by atomic mass is 31.1. The van der Waals surface area contributed by atoms with Gasteiger partial charge in [0.2, 0.25) is 0 Å². The lowest BCUT2D eigenvalue weighted by Crippen LogP contribution is -1.83. The van der Waals surface area contributed by atoms with Crippen LogP contribution < -0.4 is 11.5 Å². The lowest BCUT2D eigenvalue weighted by Gasteiger charge is -1.98. The van der Waals surface area contributed by atoms with Crippen molar-refractivity contribution in [3.63, 3.8) is 0 Å². The third-order valence-corrected chi connectivity index (χ3v) is 3.20. The number of benzene rings is 3. The molecule has 0 heterocycles. The molecule has 1 atom stereocenters. The Morgan fingerprint density at radius 1 is 0.731 bits per heavy atom. The van der Waals surface area contributed by atoms with Crippen LogP contribution >= 0.6 is 8.25 Å². The molecule has 0 amide bonds. The van der Waals surface area contributed by atoms with Gasteiger partial charge in [0.05, 0.1) is 6.61 Å². The van der Waals surface area contributed by atoms with Gasteiger partial charge in [0.15, 0.2) is 0 Å².